The van der Waals surface area contributed by atoms with Crippen molar-refractivity contribution in [3.8, 4) is 0 Å². The fraction of sp³-hybridized carbons (Fsp3) is 0.0714. The first-order valence-electron chi connectivity index (χ1n) is 5.71. The van der Waals surface area contributed by atoms with Gasteiger partial charge in [0.25, 0.3) is 5.91 Å². The Hall–Kier alpha value is -1.89. The molecule has 0 saturated heterocycles. The van der Waals surface area contributed by atoms with Crippen LogP contribution in [0.4, 0.5) is 23.2 Å². The number of rotatable bonds is 2. The second-order valence-electron chi connectivity index (χ2n) is 4.13. The zero-order chi connectivity index (χ0) is 15.6. The Morgan fingerprint density at radius 2 is 1.76 bits per heavy atom. The van der Waals surface area contributed by atoms with Gasteiger partial charge in [0.15, 0.2) is 0 Å². The molecule has 0 aliphatic heterocycles. The quantitative estimate of drug-likeness (QED) is 0.760. The number of benzene rings is 2. The molecule has 1 amide bonds. The molecule has 0 bridgehead atoms. The van der Waals surface area contributed by atoms with Crippen molar-refractivity contribution >= 4 is 27.5 Å². The van der Waals surface area contributed by atoms with E-state index < -0.39 is 23.5 Å². The molecule has 2 rings (SSSR count). The molecule has 0 saturated carbocycles. The summed E-state index contributed by atoms with van der Waals surface area (Å²) in [4.78, 5) is 11.9. The molecule has 0 aromatic heterocycles. The summed E-state index contributed by atoms with van der Waals surface area (Å²) in [6.45, 7) is 0. The van der Waals surface area contributed by atoms with E-state index in [0.29, 0.717) is 0 Å². The number of carbonyl (C=O) groups is 1. The van der Waals surface area contributed by atoms with E-state index in [-0.39, 0.29) is 15.7 Å². The highest BCUT2D eigenvalue weighted by Crippen LogP contribution is 2.34. The zero-order valence-electron chi connectivity index (χ0n) is 10.3. The van der Waals surface area contributed by atoms with Gasteiger partial charge in [0.2, 0.25) is 0 Å². The van der Waals surface area contributed by atoms with E-state index in [1.165, 1.54) is 24.3 Å². The van der Waals surface area contributed by atoms with Gasteiger partial charge in [-0.15, -0.1) is 0 Å². The first-order chi connectivity index (χ1) is 9.79. The summed E-state index contributed by atoms with van der Waals surface area (Å²) in [7, 11) is 0. The Balaban J connectivity index is 2.30. The molecule has 21 heavy (non-hydrogen) atoms. The summed E-state index contributed by atoms with van der Waals surface area (Å²) < 4.78 is 51.9. The van der Waals surface area contributed by atoms with Gasteiger partial charge in [0.1, 0.15) is 5.82 Å². The predicted octanol–water partition coefficient (Wildman–Crippen LogP) is 4.86. The van der Waals surface area contributed by atoms with Gasteiger partial charge in [-0.2, -0.15) is 13.2 Å². The molecule has 0 atom stereocenters. The van der Waals surface area contributed by atoms with Crippen molar-refractivity contribution in [2.45, 2.75) is 6.18 Å². The maximum Gasteiger partial charge on any atom is 0.418 e. The highest BCUT2D eigenvalue weighted by Gasteiger charge is 2.33. The van der Waals surface area contributed by atoms with E-state index in [0.717, 1.165) is 18.2 Å². The fourth-order valence-electron chi connectivity index (χ4n) is 1.67. The summed E-state index contributed by atoms with van der Waals surface area (Å²) in [5.74, 6) is -1.50. The van der Waals surface area contributed by atoms with Crippen molar-refractivity contribution in [3.05, 3.63) is 63.9 Å². The highest BCUT2D eigenvalue weighted by atomic mass is 79.9. The monoisotopic (exact) mass is 361 g/mol. The number of amides is 1. The molecule has 0 spiro atoms. The molecule has 2 aromatic rings. The third-order valence-corrected chi connectivity index (χ3v) is 3.31. The van der Waals surface area contributed by atoms with Crippen molar-refractivity contribution in [1.29, 1.82) is 0 Å². The first kappa shape index (κ1) is 15.5. The molecule has 110 valence electrons. The highest BCUT2D eigenvalue weighted by molar-refractivity contribution is 9.10. The summed E-state index contributed by atoms with van der Waals surface area (Å²) in [5, 5.41) is 2.14. The molecule has 2 nitrogen and oxygen atoms in total. The van der Waals surface area contributed by atoms with Crippen LogP contribution in [-0.4, -0.2) is 5.91 Å². The first-order valence-corrected chi connectivity index (χ1v) is 6.51. The van der Waals surface area contributed by atoms with Crippen molar-refractivity contribution in [2.24, 2.45) is 0 Å². The molecule has 1 N–H and O–H groups in total. The van der Waals surface area contributed by atoms with Crippen molar-refractivity contribution in [1.82, 2.24) is 0 Å². The van der Waals surface area contributed by atoms with Gasteiger partial charge in [0.05, 0.1) is 15.7 Å². The minimum absolute atomic E-state index is 0.0762. The topological polar surface area (TPSA) is 29.1 Å². The molecule has 2 aromatic carbocycles. The lowest BCUT2D eigenvalue weighted by molar-refractivity contribution is -0.136. The molecule has 0 unspecified atom stereocenters. The standard InChI is InChI=1S/C14H8BrF4NO/c15-10-6-5-8(7-11(10)16)13(21)20-12-4-2-1-3-9(12)14(17,18)19/h1-7H,(H,20,21). The van der Waals surface area contributed by atoms with Crippen molar-refractivity contribution in [2.75, 3.05) is 5.32 Å². The van der Waals surface area contributed by atoms with E-state index in [1.807, 2.05) is 0 Å². The average Bonchev–Trinajstić information content (AvgIpc) is 2.41. The Morgan fingerprint density at radius 1 is 1.10 bits per heavy atom. The molecule has 0 aliphatic rings. The number of nitrogens with one attached hydrogen (secondary N) is 1. The maximum absolute atomic E-state index is 13.3. The molecular weight excluding hydrogens is 354 g/mol. The summed E-state index contributed by atoms with van der Waals surface area (Å²) >= 11 is 2.93. The lowest BCUT2D eigenvalue weighted by Crippen LogP contribution is -2.16. The average molecular weight is 362 g/mol. The van der Waals surface area contributed by atoms with Crippen LogP contribution in [0, 0.1) is 5.82 Å². The van der Waals surface area contributed by atoms with Crippen LogP contribution in [0.25, 0.3) is 0 Å². The second kappa shape index (κ2) is 5.85. The van der Waals surface area contributed by atoms with Gasteiger partial charge in [-0.3, -0.25) is 4.79 Å². The number of halogens is 5. The van der Waals surface area contributed by atoms with Crippen LogP contribution in [-0.2, 0) is 6.18 Å². The Bertz CT molecular complexity index is 685. The lowest BCUT2D eigenvalue weighted by Gasteiger charge is -2.13. The third-order valence-electron chi connectivity index (χ3n) is 2.66. The number of para-hydroxylation sites is 1. The normalized spacial score (nSPS) is 11.3. The second-order valence-corrected chi connectivity index (χ2v) is 4.98. The Morgan fingerprint density at radius 3 is 2.38 bits per heavy atom. The van der Waals surface area contributed by atoms with Crippen LogP contribution in [0.15, 0.2) is 46.9 Å². The summed E-state index contributed by atoms with van der Waals surface area (Å²) in [6, 6.07) is 8.13. The summed E-state index contributed by atoms with van der Waals surface area (Å²) in [6.07, 6.45) is -4.59. The van der Waals surface area contributed by atoms with Crippen LogP contribution in [0.5, 0.6) is 0 Å². The number of carbonyl (C=O) groups excluding carboxylic acids is 1. The van der Waals surface area contributed by atoms with Crippen molar-refractivity contribution in [3.63, 3.8) is 0 Å². The van der Waals surface area contributed by atoms with Crippen LogP contribution < -0.4 is 5.32 Å². The molecule has 0 aliphatic carbocycles. The van der Waals surface area contributed by atoms with Gasteiger partial charge in [-0.25, -0.2) is 4.39 Å². The SMILES string of the molecule is O=C(Nc1ccccc1C(F)(F)F)c1ccc(Br)c(F)c1. The largest absolute Gasteiger partial charge is 0.418 e. The van der Waals surface area contributed by atoms with E-state index in [9.17, 15) is 22.4 Å². The summed E-state index contributed by atoms with van der Waals surface area (Å²) in [5.41, 5.74) is -1.41. The van der Waals surface area contributed by atoms with Gasteiger partial charge >= 0.3 is 6.18 Å². The van der Waals surface area contributed by atoms with Crippen LogP contribution >= 0.6 is 15.9 Å². The third kappa shape index (κ3) is 3.60. The maximum atomic E-state index is 13.3. The number of hydrogen-bond acceptors (Lipinski definition) is 1. The van der Waals surface area contributed by atoms with Crippen LogP contribution in [0.1, 0.15) is 15.9 Å². The van der Waals surface area contributed by atoms with Crippen LogP contribution in [0.3, 0.4) is 0 Å². The van der Waals surface area contributed by atoms with Gasteiger partial charge in [0, 0.05) is 5.56 Å². The number of anilines is 1. The number of alkyl halides is 3. The Kier molecular flexibility index (Phi) is 4.32. The number of hydrogen-bond donors (Lipinski definition) is 1. The minimum atomic E-state index is -4.59. The molecular formula is C14H8BrF4NO. The Labute approximate surface area is 125 Å². The van der Waals surface area contributed by atoms with Gasteiger partial charge in [-0.05, 0) is 46.3 Å². The fourth-order valence-corrected chi connectivity index (χ4v) is 1.92. The van der Waals surface area contributed by atoms with Gasteiger partial charge in [-0.1, -0.05) is 12.1 Å². The van der Waals surface area contributed by atoms with E-state index in [4.69, 9.17) is 0 Å². The lowest BCUT2D eigenvalue weighted by atomic mass is 10.1. The van der Waals surface area contributed by atoms with Crippen molar-refractivity contribution < 1.29 is 22.4 Å². The molecule has 0 radical (unpaired) electrons. The van der Waals surface area contributed by atoms with E-state index in [2.05, 4.69) is 21.2 Å². The van der Waals surface area contributed by atoms with E-state index in [1.54, 1.807) is 0 Å². The molecule has 0 heterocycles. The minimum Gasteiger partial charge on any atom is -0.321 e. The van der Waals surface area contributed by atoms with E-state index >= 15 is 0 Å². The predicted molar refractivity (Wildman–Crippen MR) is 73.5 cm³/mol. The smallest absolute Gasteiger partial charge is 0.321 e. The molecule has 7 heteroatoms. The van der Waals surface area contributed by atoms with Gasteiger partial charge < -0.3 is 5.32 Å². The van der Waals surface area contributed by atoms with Crippen LogP contribution in [0.2, 0.25) is 0 Å². The zero-order valence-corrected chi connectivity index (χ0v) is 11.9. The molecule has 0 fully saturated rings.